The van der Waals surface area contributed by atoms with Crippen LogP contribution in [-0.2, 0) is 4.74 Å². The van der Waals surface area contributed by atoms with Crippen LogP contribution in [0.2, 0.25) is 0 Å². The molecule has 9 heteroatoms. The average molecular weight is 440 g/mol. The maximum Gasteiger partial charge on any atom is 0.293 e. The fourth-order valence-corrected chi connectivity index (χ4v) is 2.54. The Morgan fingerprint density at radius 2 is 2.04 bits per heavy atom. The molecule has 2 rings (SSSR count). The molecule has 0 saturated heterocycles. The molecule has 0 saturated carbocycles. The number of nitrogens with one attached hydrogen (secondary N) is 3. The van der Waals surface area contributed by atoms with Gasteiger partial charge in [0.25, 0.3) is 11.8 Å². The van der Waals surface area contributed by atoms with Gasteiger partial charge in [0.15, 0.2) is 15.5 Å². The molecular weight excluding hydrogens is 422 g/mol. The van der Waals surface area contributed by atoms with Crippen molar-refractivity contribution in [3.8, 4) is 0 Å². The third-order valence-electron chi connectivity index (χ3n) is 3.22. The van der Waals surface area contributed by atoms with Crippen LogP contribution in [0.3, 0.4) is 0 Å². The number of hydrogen-bond donors (Lipinski definition) is 3. The van der Waals surface area contributed by atoms with Crippen molar-refractivity contribution < 1.29 is 18.7 Å². The second-order valence-corrected chi connectivity index (χ2v) is 6.38. The summed E-state index contributed by atoms with van der Waals surface area (Å²) in [6.07, 6.45) is 0.735. The highest BCUT2D eigenvalue weighted by Crippen LogP contribution is 2.14. The molecule has 2 aromatic rings. The average Bonchev–Trinajstić information content (AvgIpc) is 3.05. The third kappa shape index (κ3) is 6.25. The lowest BCUT2D eigenvalue weighted by Gasteiger charge is -2.10. The van der Waals surface area contributed by atoms with Crippen LogP contribution in [-0.4, -0.2) is 37.2 Å². The van der Waals surface area contributed by atoms with E-state index in [9.17, 15) is 9.59 Å². The van der Waals surface area contributed by atoms with Crippen LogP contribution in [0.5, 0.6) is 0 Å². The van der Waals surface area contributed by atoms with Gasteiger partial charge in [0.2, 0.25) is 0 Å². The van der Waals surface area contributed by atoms with Crippen molar-refractivity contribution in [1.29, 1.82) is 0 Å². The molecule has 2 amide bonds. The van der Waals surface area contributed by atoms with Gasteiger partial charge in [-0.2, -0.15) is 0 Å². The first kappa shape index (κ1) is 20.1. The van der Waals surface area contributed by atoms with Crippen molar-refractivity contribution in [2.45, 2.75) is 6.42 Å². The standard InChI is InChI=1S/C17H18BrN3O4S/c1-24-9-3-8-19-15(22)11-4-2-5-12(10-11)20-17(26)21-16(23)13-6-7-14(18)25-13/h2,4-7,10H,3,8-9H2,1H3,(H,19,22)(H2,20,21,23,26). The summed E-state index contributed by atoms with van der Waals surface area (Å²) in [5, 5.41) is 8.28. The number of carbonyl (C=O) groups is 2. The summed E-state index contributed by atoms with van der Waals surface area (Å²) in [4.78, 5) is 24.1. The maximum absolute atomic E-state index is 12.1. The molecule has 0 aliphatic heterocycles. The summed E-state index contributed by atoms with van der Waals surface area (Å²) in [5.74, 6) is -0.536. The highest BCUT2D eigenvalue weighted by molar-refractivity contribution is 9.10. The minimum atomic E-state index is -0.472. The van der Waals surface area contributed by atoms with Crippen molar-refractivity contribution in [1.82, 2.24) is 10.6 Å². The smallest absolute Gasteiger partial charge is 0.293 e. The van der Waals surface area contributed by atoms with Gasteiger partial charge in [0, 0.05) is 31.5 Å². The Morgan fingerprint density at radius 1 is 1.23 bits per heavy atom. The predicted molar refractivity (Wildman–Crippen MR) is 105 cm³/mol. The van der Waals surface area contributed by atoms with Crippen LogP contribution < -0.4 is 16.0 Å². The number of anilines is 1. The number of methoxy groups -OCH3 is 1. The molecule has 0 bridgehead atoms. The fourth-order valence-electron chi connectivity index (χ4n) is 2.02. The van der Waals surface area contributed by atoms with Gasteiger partial charge in [-0.15, -0.1) is 0 Å². The van der Waals surface area contributed by atoms with E-state index >= 15 is 0 Å². The monoisotopic (exact) mass is 439 g/mol. The van der Waals surface area contributed by atoms with E-state index in [1.807, 2.05) is 0 Å². The van der Waals surface area contributed by atoms with Crippen LogP contribution in [0.15, 0.2) is 45.5 Å². The topological polar surface area (TPSA) is 92.6 Å². The zero-order valence-corrected chi connectivity index (χ0v) is 16.4. The van der Waals surface area contributed by atoms with Crippen LogP contribution in [0.25, 0.3) is 0 Å². The molecule has 0 radical (unpaired) electrons. The molecule has 26 heavy (non-hydrogen) atoms. The van der Waals surface area contributed by atoms with E-state index in [0.29, 0.717) is 29.1 Å². The molecule has 7 nitrogen and oxygen atoms in total. The largest absolute Gasteiger partial charge is 0.444 e. The second-order valence-electron chi connectivity index (χ2n) is 5.20. The van der Waals surface area contributed by atoms with Gasteiger partial charge in [-0.05, 0) is 64.9 Å². The fraction of sp³-hybridized carbons (Fsp3) is 0.235. The van der Waals surface area contributed by atoms with Crippen LogP contribution in [0, 0.1) is 0 Å². The van der Waals surface area contributed by atoms with E-state index in [0.717, 1.165) is 6.42 Å². The number of ether oxygens (including phenoxy) is 1. The lowest BCUT2D eigenvalue weighted by Crippen LogP contribution is -2.34. The minimum Gasteiger partial charge on any atom is -0.444 e. The number of thiocarbonyl (C=S) groups is 1. The Labute approximate surface area is 164 Å². The molecular formula is C17H18BrN3O4S. The molecule has 0 spiro atoms. The number of halogens is 1. The van der Waals surface area contributed by atoms with Crippen molar-refractivity contribution >= 4 is 50.8 Å². The maximum atomic E-state index is 12.1. The van der Waals surface area contributed by atoms with Crippen molar-refractivity contribution in [3.63, 3.8) is 0 Å². The Hall–Kier alpha value is -2.23. The van der Waals surface area contributed by atoms with Gasteiger partial charge < -0.3 is 19.8 Å². The first-order valence-corrected chi connectivity index (χ1v) is 8.94. The molecule has 3 N–H and O–H groups in total. The number of benzene rings is 1. The third-order valence-corrected chi connectivity index (χ3v) is 3.85. The molecule has 1 aromatic heterocycles. The van der Waals surface area contributed by atoms with Gasteiger partial charge in [-0.3, -0.25) is 14.9 Å². The first-order valence-electron chi connectivity index (χ1n) is 7.74. The van der Waals surface area contributed by atoms with E-state index in [1.165, 1.54) is 6.07 Å². The molecule has 0 aliphatic rings. The molecule has 138 valence electrons. The summed E-state index contributed by atoms with van der Waals surface area (Å²) in [7, 11) is 1.61. The summed E-state index contributed by atoms with van der Waals surface area (Å²) in [6, 6.07) is 9.94. The van der Waals surface area contributed by atoms with E-state index in [2.05, 4.69) is 31.9 Å². The van der Waals surface area contributed by atoms with E-state index in [1.54, 1.807) is 37.4 Å². The highest BCUT2D eigenvalue weighted by atomic mass is 79.9. The minimum absolute atomic E-state index is 0.0974. The predicted octanol–water partition coefficient (Wildman–Crippen LogP) is 2.94. The molecule has 1 aromatic carbocycles. The lowest BCUT2D eigenvalue weighted by atomic mass is 10.2. The Bertz CT molecular complexity index is 794. The van der Waals surface area contributed by atoms with Gasteiger partial charge in [-0.1, -0.05) is 6.07 Å². The number of hydrogen-bond acceptors (Lipinski definition) is 5. The number of amides is 2. The van der Waals surface area contributed by atoms with Gasteiger partial charge in [0.05, 0.1) is 0 Å². The Balaban J connectivity index is 1.89. The Kier molecular flexibility index (Phi) is 7.76. The molecule has 0 atom stereocenters. The number of carbonyl (C=O) groups excluding carboxylic acids is 2. The SMILES string of the molecule is COCCCNC(=O)c1cccc(NC(=S)NC(=O)c2ccc(Br)o2)c1. The zero-order valence-electron chi connectivity index (χ0n) is 14.0. The van der Waals surface area contributed by atoms with Crippen molar-refractivity contribution in [3.05, 3.63) is 52.4 Å². The van der Waals surface area contributed by atoms with Crippen molar-refractivity contribution in [2.75, 3.05) is 25.6 Å². The number of rotatable bonds is 7. The first-order chi connectivity index (χ1) is 12.5. The molecule has 0 fully saturated rings. The number of furan rings is 1. The molecule has 0 unspecified atom stereocenters. The summed E-state index contributed by atoms with van der Waals surface area (Å²) in [6.45, 7) is 1.11. The zero-order chi connectivity index (χ0) is 18.9. The lowest BCUT2D eigenvalue weighted by molar-refractivity contribution is 0.0940. The molecule has 0 aliphatic carbocycles. The molecule has 1 heterocycles. The Morgan fingerprint density at radius 3 is 2.73 bits per heavy atom. The van der Waals surface area contributed by atoms with Crippen LogP contribution in [0.4, 0.5) is 5.69 Å². The van der Waals surface area contributed by atoms with E-state index in [-0.39, 0.29) is 16.8 Å². The van der Waals surface area contributed by atoms with Crippen LogP contribution >= 0.6 is 28.1 Å². The van der Waals surface area contributed by atoms with Gasteiger partial charge in [-0.25, -0.2) is 0 Å². The normalized spacial score (nSPS) is 10.2. The second kappa shape index (κ2) is 10.0. The van der Waals surface area contributed by atoms with Crippen molar-refractivity contribution in [2.24, 2.45) is 0 Å². The van der Waals surface area contributed by atoms with E-state index in [4.69, 9.17) is 21.4 Å². The summed E-state index contributed by atoms with van der Waals surface area (Å²) in [5.41, 5.74) is 1.07. The van der Waals surface area contributed by atoms with Gasteiger partial charge in [0.1, 0.15) is 0 Å². The van der Waals surface area contributed by atoms with Gasteiger partial charge >= 0.3 is 0 Å². The summed E-state index contributed by atoms with van der Waals surface area (Å²) < 4.78 is 10.5. The highest BCUT2D eigenvalue weighted by Gasteiger charge is 2.12. The summed E-state index contributed by atoms with van der Waals surface area (Å²) >= 11 is 8.24. The van der Waals surface area contributed by atoms with Crippen LogP contribution in [0.1, 0.15) is 27.3 Å². The quantitative estimate of drug-likeness (QED) is 0.453. The van der Waals surface area contributed by atoms with E-state index < -0.39 is 5.91 Å².